The topological polar surface area (TPSA) is 30.8 Å². The molecule has 0 saturated heterocycles. The Labute approximate surface area is 152 Å². The van der Waals surface area contributed by atoms with Crippen LogP contribution in [0.5, 0.6) is 11.5 Å². The molecule has 0 spiro atoms. The third kappa shape index (κ3) is 5.05. The lowest BCUT2D eigenvalue weighted by Gasteiger charge is -2.10. The van der Waals surface area contributed by atoms with E-state index >= 15 is 0 Å². The van der Waals surface area contributed by atoms with Gasteiger partial charge in [-0.1, -0.05) is 42.5 Å². The molecule has 0 aromatic heterocycles. The van der Waals surface area contributed by atoms with Crippen molar-refractivity contribution in [1.82, 2.24) is 0 Å². The Morgan fingerprint density at radius 3 is 2.15 bits per heavy atom. The Hall–Kier alpha value is -3.40. The number of benzene rings is 3. The van der Waals surface area contributed by atoms with Crippen molar-refractivity contribution in [2.45, 2.75) is 6.92 Å². The van der Waals surface area contributed by atoms with Gasteiger partial charge in [0.1, 0.15) is 17.3 Å². The van der Waals surface area contributed by atoms with Crippen molar-refractivity contribution in [2.24, 2.45) is 4.99 Å². The predicted molar refractivity (Wildman–Crippen MR) is 101 cm³/mol. The van der Waals surface area contributed by atoms with Crippen LogP contribution >= 0.6 is 0 Å². The van der Waals surface area contributed by atoms with Crippen LogP contribution in [0.1, 0.15) is 6.92 Å². The molecule has 3 aromatic carbocycles. The number of halogens is 1. The molecule has 0 bridgehead atoms. The van der Waals surface area contributed by atoms with Crippen molar-refractivity contribution in [3.63, 3.8) is 0 Å². The molecule has 0 heterocycles. The first-order valence-corrected chi connectivity index (χ1v) is 8.17. The number of aliphatic imine (C=N–C) groups is 1. The van der Waals surface area contributed by atoms with Crippen LogP contribution in [0.2, 0.25) is 0 Å². The van der Waals surface area contributed by atoms with E-state index in [0.29, 0.717) is 28.7 Å². The molecule has 130 valence electrons. The molecule has 0 fully saturated rings. The van der Waals surface area contributed by atoms with E-state index < -0.39 is 0 Å². The van der Waals surface area contributed by atoms with Gasteiger partial charge in [0.2, 0.25) is 5.90 Å². The van der Waals surface area contributed by atoms with E-state index in [9.17, 15) is 4.39 Å². The van der Waals surface area contributed by atoms with E-state index in [-0.39, 0.29) is 5.82 Å². The van der Waals surface area contributed by atoms with Gasteiger partial charge in [0.05, 0.1) is 11.9 Å². The van der Waals surface area contributed by atoms with Crippen LogP contribution in [0.4, 0.5) is 10.1 Å². The molecule has 26 heavy (non-hydrogen) atoms. The fourth-order valence-corrected chi connectivity index (χ4v) is 2.16. The quantitative estimate of drug-likeness (QED) is 0.326. The summed E-state index contributed by atoms with van der Waals surface area (Å²) in [5.74, 6) is 1.32. The van der Waals surface area contributed by atoms with Crippen LogP contribution in [0, 0.1) is 5.82 Å². The molecule has 3 aromatic rings. The van der Waals surface area contributed by atoms with E-state index in [0.717, 1.165) is 0 Å². The second kappa shape index (κ2) is 8.62. The average molecular weight is 347 g/mol. The maximum absolute atomic E-state index is 13.5. The number of hydrogen-bond acceptors (Lipinski definition) is 3. The maximum atomic E-state index is 13.5. The van der Waals surface area contributed by atoms with Crippen LogP contribution in [-0.2, 0) is 0 Å². The second-order valence-corrected chi connectivity index (χ2v) is 5.54. The summed E-state index contributed by atoms with van der Waals surface area (Å²) < 4.78 is 25.0. The first-order valence-electron chi connectivity index (χ1n) is 8.17. The normalized spacial score (nSPS) is 11.9. The summed E-state index contributed by atoms with van der Waals surface area (Å²) in [5.41, 5.74) is 1.13. The summed E-state index contributed by atoms with van der Waals surface area (Å²) in [4.78, 5) is 4.43. The molecule has 0 N–H and O–H groups in total. The summed E-state index contributed by atoms with van der Waals surface area (Å²) >= 11 is 0. The predicted octanol–water partition coefficient (Wildman–Crippen LogP) is 5.92. The third-order valence-electron chi connectivity index (χ3n) is 3.45. The van der Waals surface area contributed by atoms with Gasteiger partial charge < -0.3 is 9.47 Å². The number of rotatable bonds is 5. The monoisotopic (exact) mass is 347 g/mol. The number of hydrogen-bond donors (Lipinski definition) is 0. The third-order valence-corrected chi connectivity index (χ3v) is 3.45. The standard InChI is InChI=1S/C22H18FNO2/c1-17(16-25-20-11-4-2-5-12-20)22(26-21-13-6-3-7-14-21)24-19-10-8-9-18(23)15-19/h2-16H,1H3/b17-16+,24-22?. The molecule has 0 atom stereocenters. The van der Waals surface area contributed by atoms with Crippen molar-refractivity contribution < 1.29 is 13.9 Å². The van der Waals surface area contributed by atoms with Gasteiger partial charge in [-0.15, -0.1) is 0 Å². The highest BCUT2D eigenvalue weighted by Gasteiger charge is 2.08. The van der Waals surface area contributed by atoms with Gasteiger partial charge in [0, 0.05) is 5.57 Å². The summed E-state index contributed by atoms with van der Waals surface area (Å²) in [6.45, 7) is 1.82. The first kappa shape index (κ1) is 17.4. The summed E-state index contributed by atoms with van der Waals surface area (Å²) in [6, 6.07) is 24.7. The lowest BCUT2D eigenvalue weighted by Crippen LogP contribution is -2.10. The Balaban J connectivity index is 1.88. The van der Waals surface area contributed by atoms with Crippen LogP contribution < -0.4 is 9.47 Å². The Bertz CT molecular complexity index is 906. The fourth-order valence-electron chi connectivity index (χ4n) is 2.16. The van der Waals surface area contributed by atoms with Crippen LogP contribution in [0.25, 0.3) is 0 Å². The zero-order valence-electron chi connectivity index (χ0n) is 14.3. The van der Waals surface area contributed by atoms with E-state index in [1.165, 1.54) is 12.1 Å². The van der Waals surface area contributed by atoms with Crippen molar-refractivity contribution >= 4 is 11.6 Å². The average Bonchev–Trinajstić information content (AvgIpc) is 2.67. The largest absolute Gasteiger partial charge is 0.465 e. The highest BCUT2D eigenvalue weighted by molar-refractivity contribution is 5.96. The molecular formula is C22H18FNO2. The van der Waals surface area contributed by atoms with Crippen LogP contribution in [0.3, 0.4) is 0 Å². The van der Waals surface area contributed by atoms with Gasteiger partial charge in [-0.3, -0.25) is 0 Å². The fraction of sp³-hybridized carbons (Fsp3) is 0.0455. The van der Waals surface area contributed by atoms with Crippen molar-refractivity contribution in [1.29, 1.82) is 0 Å². The molecule has 0 aliphatic rings. The Morgan fingerprint density at radius 1 is 0.846 bits per heavy atom. The van der Waals surface area contributed by atoms with Gasteiger partial charge in [-0.05, 0) is 49.4 Å². The zero-order chi connectivity index (χ0) is 18.2. The minimum absolute atomic E-state index is 0.331. The van der Waals surface area contributed by atoms with Crippen molar-refractivity contribution in [2.75, 3.05) is 0 Å². The second-order valence-electron chi connectivity index (χ2n) is 5.54. The number of para-hydroxylation sites is 2. The SMILES string of the molecule is C/C(=C\Oc1ccccc1)C(=Nc1cccc(F)c1)Oc1ccccc1. The minimum Gasteiger partial charge on any atom is -0.465 e. The molecule has 0 aliphatic carbocycles. The van der Waals surface area contributed by atoms with Gasteiger partial charge in [-0.25, -0.2) is 9.38 Å². The molecule has 4 heteroatoms. The lowest BCUT2D eigenvalue weighted by molar-refractivity contribution is 0.473. The zero-order valence-corrected chi connectivity index (χ0v) is 14.3. The molecule has 0 amide bonds. The first-order chi connectivity index (χ1) is 12.7. The number of nitrogens with zero attached hydrogens (tertiary/aromatic N) is 1. The van der Waals surface area contributed by atoms with Gasteiger partial charge >= 0.3 is 0 Å². The van der Waals surface area contributed by atoms with Crippen molar-refractivity contribution in [3.05, 3.63) is 103 Å². The molecular weight excluding hydrogens is 329 g/mol. The minimum atomic E-state index is -0.354. The van der Waals surface area contributed by atoms with E-state index in [1.54, 1.807) is 18.4 Å². The van der Waals surface area contributed by atoms with Crippen LogP contribution in [-0.4, -0.2) is 5.90 Å². The Kier molecular flexibility index (Phi) is 5.78. The summed E-state index contributed by atoms with van der Waals surface area (Å²) in [5, 5.41) is 0. The van der Waals surface area contributed by atoms with Gasteiger partial charge in [-0.2, -0.15) is 0 Å². The summed E-state index contributed by atoms with van der Waals surface area (Å²) in [7, 11) is 0. The smallest absolute Gasteiger partial charge is 0.225 e. The highest BCUT2D eigenvalue weighted by Crippen LogP contribution is 2.19. The molecule has 0 radical (unpaired) electrons. The summed E-state index contributed by atoms with van der Waals surface area (Å²) in [6.07, 6.45) is 1.57. The maximum Gasteiger partial charge on any atom is 0.225 e. The van der Waals surface area contributed by atoms with E-state index in [2.05, 4.69) is 4.99 Å². The molecule has 0 aliphatic heterocycles. The Morgan fingerprint density at radius 2 is 1.50 bits per heavy atom. The van der Waals surface area contributed by atoms with Gasteiger partial charge in [0.25, 0.3) is 0 Å². The van der Waals surface area contributed by atoms with Crippen LogP contribution in [0.15, 0.2) is 102 Å². The lowest BCUT2D eigenvalue weighted by atomic mass is 10.3. The molecule has 0 saturated carbocycles. The molecule has 3 rings (SSSR count). The van der Waals surface area contributed by atoms with E-state index in [4.69, 9.17) is 9.47 Å². The van der Waals surface area contributed by atoms with Gasteiger partial charge in [0.15, 0.2) is 0 Å². The molecule has 3 nitrogen and oxygen atoms in total. The van der Waals surface area contributed by atoms with E-state index in [1.807, 2.05) is 67.6 Å². The highest BCUT2D eigenvalue weighted by atomic mass is 19.1. The molecule has 0 unspecified atom stereocenters. The number of ether oxygens (including phenoxy) is 2. The van der Waals surface area contributed by atoms with Crippen molar-refractivity contribution in [3.8, 4) is 11.5 Å².